The highest BCUT2D eigenvalue weighted by Gasteiger charge is 2.22. The number of rotatable bonds is 5. The molecule has 1 saturated heterocycles. The zero-order valence-corrected chi connectivity index (χ0v) is 15.3. The maximum absolute atomic E-state index is 13.9. The zero-order chi connectivity index (χ0) is 18.6. The molecular weight excluding hydrogens is 370 g/mol. The molecule has 0 radical (unpaired) electrons. The number of aromatic nitrogens is 3. The van der Waals surface area contributed by atoms with Crippen molar-refractivity contribution >= 4 is 17.7 Å². The van der Waals surface area contributed by atoms with Gasteiger partial charge in [0, 0.05) is 18.8 Å². The van der Waals surface area contributed by atoms with Gasteiger partial charge in [-0.15, -0.1) is 10.2 Å². The predicted octanol–water partition coefficient (Wildman–Crippen LogP) is 3.67. The number of benzene rings is 2. The summed E-state index contributed by atoms with van der Waals surface area (Å²) >= 11 is 1.37. The highest BCUT2D eigenvalue weighted by Crippen LogP contribution is 2.30. The van der Waals surface area contributed by atoms with Gasteiger partial charge in [0.25, 0.3) is 0 Å². The Morgan fingerprint density at radius 2 is 1.81 bits per heavy atom. The van der Waals surface area contributed by atoms with E-state index in [0.717, 1.165) is 0 Å². The third-order valence-corrected chi connectivity index (χ3v) is 5.27. The van der Waals surface area contributed by atoms with Gasteiger partial charge in [0.15, 0.2) is 5.16 Å². The first kappa shape index (κ1) is 17.9. The summed E-state index contributed by atoms with van der Waals surface area (Å²) in [7, 11) is 0. The second-order valence-corrected chi connectivity index (χ2v) is 7.02. The van der Waals surface area contributed by atoms with Crippen molar-refractivity contribution < 1.29 is 13.5 Å². The number of hydrogen-bond donors (Lipinski definition) is 0. The van der Waals surface area contributed by atoms with Gasteiger partial charge in [0.2, 0.25) is 5.95 Å². The molecule has 2 heterocycles. The van der Waals surface area contributed by atoms with Crippen LogP contribution in [0.1, 0.15) is 5.56 Å². The molecule has 0 atom stereocenters. The predicted molar refractivity (Wildman–Crippen MR) is 100 cm³/mol. The van der Waals surface area contributed by atoms with Crippen LogP contribution in [0.25, 0.3) is 5.69 Å². The number of nitrogens with zero attached hydrogens (tertiary/aromatic N) is 4. The maximum atomic E-state index is 13.9. The average Bonchev–Trinajstić information content (AvgIpc) is 3.12. The van der Waals surface area contributed by atoms with Crippen LogP contribution < -0.4 is 4.90 Å². The van der Waals surface area contributed by atoms with Crippen LogP contribution in [0, 0.1) is 11.6 Å². The molecule has 2 aromatic carbocycles. The highest BCUT2D eigenvalue weighted by atomic mass is 32.2. The maximum Gasteiger partial charge on any atom is 0.232 e. The topological polar surface area (TPSA) is 43.2 Å². The molecule has 1 fully saturated rings. The molecule has 4 rings (SSSR count). The Hall–Kier alpha value is -2.45. The van der Waals surface area contributed by atoms with Crippen LogP contribution in [-0.4, -0.2) is 41.1 Å². The minimum absolute atomic E-state index is 0.254. The molecule has 8 heteroatoms. The monoisotopic (exact) mass is 388 g/mol. The summed E-state index contributed by atoms with van der Waals surface area (Å²) < 4.78 is 35.0. The summed E-state index contributed by atoms with van der Waals surface area (Å²) in [4.78, 5) is 2.06. The van der Waals surface area contributed by atoms with E-state index >= 15 is 0 Å². The molecule has 0 unspecified atom stereocenters. The summed E-state index contributed by atoms with van der Waals surface area (Å²) in [5.41, 5.74) is 1.22. The minimum atomic E-state index is -0.334. The molecule has 0 N–H and O–H groups in total. The average molecular weight is 388 g/mol. The van der Waals surface area contributed by atoms with E-state index in [1.54, 1.807) is 24.3 Å². The fourth-order valence-electron chi connectivity index (χ4n) is 2.92. The van der Waals surface area contributed by atoms with Crippen molar-refractivity contribution in [2.75, 3.05) is 31.2 Å². The molecule has 1 aromatic heterocycles. The third-order valence-electron chi connectivity index (χ3n) is 4.29. The van der Waals surface area contributed by atoms with Crippen molar-refractivity contribution in [3.05, 3.63) is 65.7 Å². The SMILES string of the molecule is Fc1cccc(-n2c(SCc3ccccc3F)nnc2N2CCOCC2)c1. The first-order valence-corrected chi connectivity index (χ1v) is 9.61. The highest BCUT2D eigenvalue weighted by molar-refractivity contribution is 7.98. The normalized spacial score (nSPS) is 14.5. The molecule has 0 aliphatic carbocycles. The molecule has 3 aromatic rings. The Morgan fingerprint density at radius 1 is 1.00 bits per heavy atom. The van der Waals surface area contributed by atoms with Crippen LogP contribution in [0.4, 0.5) is 14.7 Å². The largest absolute Gasteiger partial charge is 0.378 e. The molecule has 27 heavy (non-hydrogen) atoms. The van der Waals surface area contributed by atoms with Crippen LogP contribution in [0.3, 0.4) is 0 Å². The Kier molecular flexibility index (Phi) is 5.35. The number of thioether (sulfide) groups is 1. The van der Waals surface area contributed by atoms with Crippen molar-refractivity contribution in [1.29, 1.82) is 0 Å². The van der Waals surface area contributed by atoms with Gasteiger partial charge in [-0.25, -0.2) is 8.78 Å². The lowest BCUT2D eigenvalue weighted by Crippen LogP contribution is -2.37. The third kappa shape index (κ3) is 3.96. The minimum Gasteiger partial charge on any atom is -0.378 e. The first-order valence-electron chi connectivity index (χ1n) is 8.62. The lowest BCUT2D eigenvalue weighted by Gasteiger charge is -2.27. The van der Waals surface area contributed by atoms with Crippen LogP contribution in [0.15, 0.2) is 53.7 Å². The molecule has 0 saturated carbocycles. The van der Waals surface area contributed by atoms with Crippen LogP contribution in [0.2, 0.25) is 0 Å². The molecule has 0 amide bonds. The Labute approximate surface area is 160 Å². The van der Waals surface area contributed by atoms with E-state index in [4.69, 9.17) is 4.74 Å². The smallest absolute Gasteiger partial charge is 0.232 e. The van der Waals surface area contributed by atoms with Crippen molar-refractivity contribution in [3.63, 3.8) is 0 Å². The van der Waals surface area contributed by atoms with Crippen molar-refractivity contribution in [3.8, 4) is 5.69 Å². The number of anilines is 1. The lowest BCUT2D eigenvalue weighted by atomic mass is 10.2. The Morgan fingerprint density at radius 3 is 2.59 bits per heavy atom. The fourth-order valence-corrected chi connectivity index (χ4v) is 3.86. The number of halogens is 2. The van der Waals surface area contributed by atoms with Crippen LogP contribution in [0.5, 0.6) is 0 Å². The number of ether oxygens (including phenoxy) is 1. The van der Waals surface area contributed by atoms with Gasteiger partial charge in [-0.05, 0) is 29.8 Å². The fraction of sp³-hybridized carbons (Fsp3) is 0.263. The molecule has 5 nitrogen and oxygen atoms in total. The molecule has 1 aliphatic rings. The van der Waals surface area contributed by atoms with E-state index in [-0.39, 0.29) is 11.6 Å². The number of hydrogen-bond acceptors (Lipinski definition) is 5. The summed E-state index contributed by atoms with van der Waals surface area (Å²) in [6, 6.07) is 12.9. The van der Waals surface area contributed by atoms with Gasteiger partial charge < -0.3 is 9.64 Å². The summed E-state index contributed by atoms with van der Waals surface area (Å²) in [5.74, 6) is 0.456. The number of morpholine rings is 1. The van der Waals surface area contributed by atoms with E-state index < -0.39 is 0 Å². The Bertz CT molecular complexity index is 928. The molecule has 140 valence electrons. The van der Waals surface area contributed by atoms with E-state index in [0.29, 0.717) is 54.4 Å². The quantitative estimate of drug-likeness (QED) is 0.624. The second-order valence-electron chi connectivity index (χ2n) is 6.08. The second kappa shape index (κ2) is 8.06. The summed E-state index contributed by atoms with van der Waals surface area (Å²) in [6.45, 7) is 2.58. The van der Waals surface area contributed by atoms with E-state index in [2.05, 4.69) is 15.1 Å². The first-order chi connectivity index (χ1) is 13.2. The summed E-state index contributed by atoms with van der Waals surface area (Å²) in [6.07, 6.45) is 0. The standard InChI is InChI=1S/C19H18F2N4OS/c20-15-5-3-6-16(12-15)25-18(24-8-10-26-11-9-24)22-23-19(25)27-13-14-4-1-2-7-17(14)21/h1-7,12H,8-11,13H2. The van der Waals surface area contributed by atoms with E-state index in [9.17, 15) is 8.78 Å². The Balaban J connectivity index is 1.68. The lowest BCUT2D eigenvalue weighted by molar-refractivity contribution is 0.122. The molecule has 0 spiro atoms. The zero-order valence-electron chi connectivity index (χ0n) is 14.5. The van der Waals surface area contributed by atoms with Gasteiger partial charge in [-0.1, -0.05) is 36.0 Å². The van der Waals surface area contributed by atoms with Gasteiger partial charge >= 0.3 is 0 Å². The van der Waals surface area contributed by atoms with Crippen molar-refractivity contribution in [1.82, 2.24) is 14.8 Å². The van der Waals surface area contributed by atoms with Crippen molar-refractivity contribution in [2.45, 2.75) is 10.9 Å². The molecular formula is C19H18F2N4OS. The van der Waals surface area contributed by atoms with Crippen LogP contribution in [-0.2, 0) is 10.5 Å². The van der Waals surface area contributed by atoms with Crippen molar-refractivity contribution in [2.24, 2.45) is 0 Å². The van der Waals surface area contributed by atoms with Gasteiger partial charge in [0.1, 0.15) is 11.6 Å². The van der Waals surface area contributed by atoms with Gasteiger partial charge in [-0.3, -0.25) is 4.57 Å². The summed E-state index contributed by atoms with van der Waals surface area (Å²) in [5, 5.41) is 9.21. The van der Waals surface area contributed by atoms with E-state index in [1.165, 1.54) is 30.0 Å². The van der Waals surface area contributed by atoms with Gasteiger partial charge in [-0.2, -0.15) is 0 Å². The molecule has 1 aliphatic heterocycles. The molecule has 0 bridgehead atoms. The van der Waals surface area contributed by atoms with Gasteiger partial charge in [0.05, 0.1) is 18.9 Å². The van der Waals surface area contributed by atoms with Crippen LogP contribution >= 0.6 is 11.8 Å². The van der Waals surface area contributed by atoms with E-state index in [1.807, 2.05) is 10.6 Å².